The van der Waals surface area contributed by atoms with Crippen molar-refractivity contribution < 1.29 is 29.0 Å². The minimum atomic E-state index is -1.27. The van der Waals surface area contributed by atoms with Crippen LogP contribution < -0.4 is 5.32 Å². The molecule has 0 fully saturated rings. The molecule has 7 nitrogen and oxygen atoms in total. The molecule has 7 heteroatoms. The molecule has 0 aliphatic carbocycles. The van der Waals surface area contributed by atoms with Crippen LogP contribution in [0.25, 0.3) is 0 Å². The number of esters is 1. The second-order valence-corrected chi connectivity index (χ2v) is 3.86. The van der Waals surface area contributed by atoms with Crippen LogP contribution in [0.4, 0.5) is 0 Å². The lowest BCUT2D eigenvalue weighted by atomic mass is 10.1. The Labute approximate surface area is 111 Å². The Morgan fingerprint density at radius 2 is 1.79 bits per heavy atom. The van der Waals surface area contributed by atoms with Crippen molar-refractivity contribution in [3.8, 4) is 0 Å². The van der Waals surface area contributed by atoms with E-state index in [0.717, 1.165) is 0 Å². The number of aliphatic carboxylic acids is 1. The first-order valence-corrected chi connectivity index (χ1v) is 6.10. The van der Waals surface area contributed by atoms with Gasteiger partial charge in [0.1, 0.15) is 11.8 Å². The zero-order chi connectivity index (χ0) is 14.8. The summed E-state index contributed by atoms with van der Waals surface area (Å²) in [5.74, 6) is -2.64. The molecule has 0 heterocycles. The average Bonchev–Trinajstić information content (AvgIpc) is 2.35. The molecule has 0 aromatic heterocycles. The van der Waals surface area contributed by atoms with Gasteiger partial charge in [-0.3, -0.25) is 14.4 Å². The third kappa shape index (κ3) is 7.91. The molecule has 1 amide bonds. The van der Waals surface area contributed by atoms with Gasteiger partial charge in [0.25, 0.3) is 0 Å². The third-order valence-corrected chi connectivity index (χ3v) is 2.32. The van der Waals surface area contributed by atoms with Gasteiger partial charge in [-0.1, -0.05) is 6.92 Å². The highest BCUT2D eigenvalue weighted by Crippen LogP contribution is 2.00. The molecule has 0 aromatic carbocycles. The number of ketones is 1. The monoisotopic (exact) mass is 273 g/mol. The standard InChI is InChI=1S/C12H19NO6/c1-3-8(14)7-9(12(17)18)13-10(15)5-6-11(16)19-4-2/h9H,3-7H2,1-2H3,(H,13,15)(H,17,18). The van der Waals surface area contributed by atoms with Crippen LogP contribution >= 0.6 is 0 Å². The van der Waals surface area contributed by atoms with Crippen LogP contribution in [0.3, 0.4) is 0 Å². The quantitative estimate of drug-likeness (QED) is 0.583. The smallest absolute Gasteiger partial charge is 0.326 e. The Morgan fingerprint density at radius 3 is 2.26 bits per heavy atom. The van der Waals surface area contributed by atoms with Gasteiger partial charge in [0.2, 0.25) is 5.91 Å². The Bertz CT molecular complexity index is 352. The first kappa shape index (κ1) is 17.1. The van der Waals surface area contributed by atoms with Crippen molar-refractivity contribution in [3.63, 3.8) is 0 Å². The van der Waals surface area contributed by atoms with Gasteiger partial charge in [0.15, 0.2) is 0 Å². The minimum Gasteiger partial charge on any atom is -0.480 e. The number of Topliss-reactive ketones (excluding diaryl/α,β-unsaturated/α-hetero) is 1. The SMILES string of the molecule is CCOC(=O)CCC(=O)NC(CC(=O)CC)C(=O)O. The number of carboxylic acid groups (broad SMARTS) is 1. The van der Waals surface area contributed by atoms with E-state index in [0.29, 0.717) is 0 Å². The summed E-state index contributed by atoms with van der Waals surface area (Å²) in [5.41, 5.74) is 0. The van der Waals surface area contributed by atoms with Crippen LogP contribution in [0.1, 0.15) is 39.5 Å². The first-order valence-electron chi connectivity index (χ1n) is 6.10. The van der Waals surface area contributed by atoms with Crippen LogP contribution in [-0.4, -0.2) is 41.4 Å². The summed E-state index contributed by atoms with van der Waals surface area (Å²) < 4.78 is 4.64. The van der Waals surface area contributed by atoms with Crippen molar-refractivity contribution in [1.29, 1.82) is 0 Å². The van der Waals surface area contributed by atoms with Crippen molar-refractivity contribution >= 4 is 23.6 Å². The second-order valence-electron chi connectivity index (χ2n) is 3.86. The van der Waals surface area contributed by atoms with Crippen LogP contribution in [-0.2, 0) is 23.9 Å². The summed E-state index contributed by atoms with van der Waals surface area (Å²) >= 11 is 0. The molecule has 0 bridgehead atoms. The number of amides is 1. The van der Waals surface area contributed by atoms with Crippen molar-refractivity contribution in [2.24, 2.45) is 0 Å². The van der Waals surface area contributed by atoms with E-state index in [1.54, 1.807) is 13.8 Å². The molecule has 0 aliphatic heterocycles. The highest BCUT2D eigenvalue weighted by Gasteiger charge is 2.22. The molecule has 0 radical (unpaired) electrons. The fourth-order valence-corrected chi connectivity index (χ4v) is 1.29. The molecule has 0 aromatic rings. The van der Waals surface area contributed by atoms with Gasteiger partial charge in [0, 0.05) is 19.3 Å². The number of carbonyl (C=O) groups excluding carboxylic acids is 3. The second kappa shape index (κ2) is 9.07. The van der Waals surface area contributed by atoms with E-state index in [2.05, 4.69) is 10.1 Å². The molecule has 1 unspecified atom stereocenters. The number of hydrogen-bond donors (Lipinski definition) is 2. The van der Waals surface area contributed by atoms with E-state index in [9.17, 15) is 19.2 Å². The summed E-state index contributed by atoms with van der Waals surface area (Å²) in [7, 11) is 0. The lowest BCUT2D eigenvalue weighted by Gasteiger charge is -2.13. The Morgan fingerprint density at radius 1 is 1.16 bits per heavy atom. The molecular weight excluding hydrogens is 254 g/mol. The Hall–Kier alpha value is -1.92. The lowest BCUT2D eigenvalue weighted by molar-refractivity contribution is -0.145. The highest BCUT2D eigenvalue weighted by atomic mass is 16.5. The van der Waals surface area contributed by atoms with Crippen molar-refractivity contribution in [2.45, 2.75) is 45.6 Å². The van der Waals surface area contributed by atoms with E-state index in [-0.39, 0.29) is 38.1 Å². The molecule has 19 heavy (non-hydrogen) atoms. The first-order chi connectivity index (χ1) is 8.90. The van der Waals surface area contributed by atoms with E-state index in [1.165, 1.54) is 0 Å². The van der Waals surface area contributed by atoms with Gasteiger partial charge in [0.05, 0.1) is 13.0 Å². The maximum atomic E-state index is 11.4. The van der Waals surface area contributed by atoms with E-state index < -0.39 is 23.9 Å². The summed E-state index contributed by atoms with van der Waals surface area (Å²) in [6.07, 6.45) is -0.323. The fraction of sp³-hybridized carbons (Fsp3) is 0.667. The molecule has 0 aliphatic rings. The van der Waals surface area contributed by atoms with Crippen LogP contribution in [0.5, 0.6) is 0 Å². The molecule has 0 rings (SSSR count). The molecule has 0 spiro atoms. The average molecular weight is 273 g/mol. The van der Waals surface area contributed by atoms with Crippen molar-refractivity contribution in [2.75, 3.05) is 6.61 Å². The van der Waals surface area contributed by atoms with E-state index in [1.807, 2.05) is 0 Å². The van der Waals surface area contributed by atoms with Crippen LogP contribution in [0.15, 0.2) is 0 Å². The number of carboxylic acids is 1. The largest absolute Gasteiger partial charge is 0.480 e. The molecular formula is C12H19NO6. The van der Waals surface area contributed by atoms with E-state index in [4.69, 9.17) is 5.11 Å². The number of hydrogen-bond acceptors (Lipinski definition) is 5. The van der Waals surface area contributed by atoms with Gasteiger partial charge < -0.3 is 15.2 Å². The number of carbonyl (C=O) groups is 4. The topological polar surface area (TPSA) is 110 Å². The zero-order valence-electron chi connectivity index (χ0n) is 11.1. The Kier molecular flexibility index (Phi) is 8.15. The van der Waals surface area contributed by atoms with Gasteiger partial charge in [-0.25, -0.2) is 4.79 Å². The molecule has 0 saturated heterocycles. The number of ether oxygens (including phenoxy) is 1. The zero-order valence-corrected chi connectivity index (χ0v) is 11.1. The van der Waals surface area contributed by atoms with Gasteiger partial charge in [-0.05, 0) is 6.92 Å². The van der Waals surface area contributed by atoms with Crippen molar-refractivity contribution in [1.82, 2.24) is 5.32 Å². The predicted molar refractivity (Wildman–Crippen MR) is 65.3 cm³/mol. The molecule has 108 valence electrons. The molecule has 2 N–H and O–H groups in total. The number of nitrogens with one attached hydrogen (secondary N) is 1. The fourth-order valence-electron chi connectivity index (χ4n) is 1.29. The number of rotatable bonds is 9. The van der Waals surface area contributed by atoms with Gasteiger partial charge in [-0.15, -0.1) is 0 Å². The highest BCUT2D eigenvalue weighted by molar-refractivity contribution is 5.90. The molecule has 0 saturated carbocycles. The maximum absolute atomic E-state index is 11.4. The summed E-state index contributed by atoms with van der Waals surface area (Å²) in [5, 5.41) is 11.1. The lowest BCUT2D eigenvalue weighted by Crippen LogP contribution is -2.42. The van der Waals surface area contributed by atoms with Crippen LogP contribution in [0.2, 0.25) is 0 Å². The minimum absolute atomic E-state index is 0.117. The van der Waals surface area contributed by atoms with Gasteiger partial charge >= 0.3 is 11.9 Å². The normalized spacial score (nSPS) is 11.5. The Balaban J connectivity index is 4.21. The van der Waals surface area contributed by atoms with E-state index >= 15 is 0 Å². The summed E-state index contributed by atoms with van der Waals surface area (Å²) in [6, 6.07) is -1.25. The van der Waals surface area contributed by atoms with Crippen molar-refractivity contribution in [3.05, 3.63) is 0 Å². The summed E-state index contributed by atoms with van der Waals surface area (Å²) in [4.78, 5) is 44.5. The maximum Gasteiger partial charge on any atom is 0.326 e. The summed E-state index contributed by atoms with van der Waals surface area (Å²) in [6.45, 7) is 3.49. The third-order valence-electron chi connectivity index (χ3n) is 2.32. The van der Waals surface area contributed by atoms with Crippen LogP contribution in [0, 0.1) is 0 Å². The predicted octanol–water partition coefficient (Wildman–Crippen LogP) is 0.268. The molecule has 1 atom stereocenters. The van der Waals surface area contributed by atoms with Gasteiger partial charge in [-0.2, -0.15) is 0 Å².